The van der Waals surface area contributed by atoms with Crippen molar-refractivity contribution in [3.63, 3.8) is 0 Å². The van der Waals surface area contributed by atoms with Crippen molar-refractivity contribution in [2.45, 2.75) is 24.1 Å². The fourth-order valence-corrected chi connectivity index (χ4v) is 2.92. The molecular formula is C17H15FN4O2S. The van der Waals surface area contributed by atoms with Gasteiger partial charge in [-0.05, 0) is 31.2 Å². The first-order valence-corrected chi connectivity index (χ1v) is 8.90. The highest BCUT2D eigenvalue weighted by Gasteiger charge is 2.26. The Kier molecular flexibility index (Phi) is 5.26. The van der Waals surface area contributed by atoms with Gasteiger partial charge in [0.25, 0.3) is 5.91 Å². The summed E-state index contributed by atoms with van der Waals surface area (Å²) in [6, 6.07) is 8.03. The zero-order chi connectivity index (χ0) is 17.8. The van der Waals surface area contributed by atoms with Gasteiger partial charge >= 0.3 is 0 Å². The van der Waals surface area contributed by atoms with Crippen LogP contribution >= 0.6 is 11.8 Å². The van der Waals surface area contributed by atoms with E-state index in [9.17, 15) is 14.4 Å². The molecule has 1 amide bonds. The number of nitriles is 1. The number of aromatic nitrogens is 2. The number of ether oxygens (including phenoxy) is 1. The molecular weight excluding hydrogens is 343 g/mol. The van der Waals surface area contributed by atoms with Crippen molar-refractivity contribution >= 4 is 23.5 Å². The van der Waals surface area contributed by atoms with Gasteiger partial charge in [-0.15, -0.1) is 0 Å². The highest BCUT2D eigenvalue weighted by molar-refractivity contribution is 7.98. The molecule has 6 nitrogen and oxygen atoms in total. The summed E-state index contributed by atoms with van der Waals surface area (Å²) in [6.45, 7) is 0.531. The number of nitrogens with zero attached hydrogens (tertiary/aromatic N) is 3. The van der Waals surface area contributed by atoms with Crippen LogP contribution in [0.4, 0.5) is 10.2 Å². The van der Waals surface area contributed by atoms with E-state index in [2.05, 4.69) is 15.3 Å². The molecule has 1 aliphatic heterocycles. The van der Waals surface area contributed by atoms with Crippen molar-refractivity contribution in [2.75, 3.05) is 18.2 Å². The number of thioether (sulfide) groups is 1. The lowest BCUT2D eigenvalue weighted by Gasteiger charge is -2.14. The molecule has 1 aromatic heterocycles. The van der Waals surface area contributed by atoms with E-state index < -0.39 is 11.9 Å². The van der Waals surface area contributed by atoms with Crippen LogP contribution in [-0.4, -0.2) is 34.8 Å². The average Bonchev–Trinajstić information content (AvgIpc) is 3.16. The van der Waals surface area contributed by atoms with Crippen LogP contribution < -0.4 is 5.32 Å². The van der Waals surface area contributed by atoms with Gasteiger partial charge in [0.2, 0.25) is 0 Å². The van der Waals surface area contributed by atoms with Crippen molar-refractivity contribution in [2.24, 2.45) is 0 Å². The Morgan fingerprint density at radius 2 is 2.24 bits per heavy atom. The van der Waals surface area contributed by atoms with E-state index in [1.165, 1.54) is 23.9 Å². The Hall–Kier alpha value is -2.50. The third kappa shape index (κ3) is 3.62. The summed E-state index contributed by atoms with van der Waals surface area (Å²) >= 11 is 1.24. The molecule has 1 aromatic carbocycles. The number of hydrogen-bond acceptors (Lipinski definition) is 6. The number of rotatable bonds is 4. The molecule has 2 aromatic rings. The molecule has 0 spiro atoms. The summed E-state index contributed by atoms with van der Waals surface area (Å²) in [5.74, 6) is -0.791. The predicted molar refractivity (Wildman–Crippen MR) is 91.5 cm³/mol. The highest BCUT2D eigenvalue weighted by atomic mass is 32.2. The van der Waals surface area contributed by atoms with Crippen molar-refractivity contribution in [3.8, 4) is 17.3 Å². The number of nitrogens with one attached hydrogen (secondary N) is 1. The first-order chi connectivity index (χ1) is 12.1. The molecule has 1 N–H and O–H groups in total. The van der Waals surface area contributed by atoms with Gasteiger partial charge in [-0.3, -0.25) is 4.79 Å². The maximum absolute atomic E-state index is 14.2. The standard InChI is InChI=1S/C17H15FN4O2S/c1-25-17-20-14(10-5-2-3-6-12(10)18)11(9-19)15(22-17)21-16(23)13-7-4-8-24-13/h2-3,5-6,13H,4,7-8H2,1H3,(H,20,21,22,23). The second kappa shape index (κ2) is 7.59. The van der Waals surface area contributed by atoms with Crippen molar-refractivity contribution < 1.29 is 13.9 Å². The topological polar surface area (TPSA) is 87.9 Å². The number of halogens is 1. The van der Waals surface area contributed by atoms with Gasteiger partial charge in [0.05, 0.1) is 5.69 Å². The molecule has 2 heterocycles. The van der Waals surface area contributed by atoms with Crippen LogP contribution in [0, 0.1) is 17.1 Å². The maximum atomic E-state index is 14.2. The molecule has 0 aliphatic carbocycles. The van der Waals surface area contributed by atoms with Gasteiger partial charge < -0.3 is 10.1 Å². The molecule has 1 unspecified atom stereocenters. The predicted octanol–water partition coefficient (Wildman–Crippen LogP) is 2.99. The van der Waals surface area contributed by atoms with Gasteiger partial charge in [-0.2, -0.15) is 5.26 Å². The first kappa shape index (κ1) is 17.3. The number of hydrogen-bond donors (Lipinski definition) is 1. The summed E-state index contributed by atoms with van der Waals surface area (Å²) in [5.41, 5.74) is 0.362. The molecule has 0 bridgehead atoms. The largest absolute Gasteiger partial charge is 0.368 e. The lowest BCUT2D eigenvalue weighted by molar-refractivity contribution is -0.124. The second-order valence-electron chi connectivity index (χ2n) is 5.37. The number of anilines is 1. The highest BCUT2D eigenvalue weighted by Crippen LogP contribution is 2.30. The fourth-order valence-electron chi connectivity index (χ4n) is 2.56. The van der Waals surface area contributed by atoms with E-state index in [1.54, 1.807) is 18.4 Å². The van der Waals surface area contributed by atoms with E-state index in [4.69, 9.17) is 4.74 Å². The van der Waals surface area contributed by atoms with Crippen LogP contribution in [0.1, 0.15) is 18.4 Å². The Morgan fingerprint density at radius 3 is 2.88 bits per heavy atom. The van der Waals surface area contributed by atoms with Crippen molar-refractivity contribution in [1.29, 1.82) is 5.26 Å². The number of carbonyl (C=O) groups excluding carboxylic acids is 1. The average molecular weight is 358 g/mol. The van der Waals surface area contributed by atoms with Crippen LogP contribution in [0.3, 0.4) is 0 Å². The molecule has 8 heteroatoms. The van der Waals surface area contributed by atoms with E-state index in [0.29, 0.717) is 18.2 Å². The zero-order valence-corrected chi connectivity index (χ0v) is 14.3. The van der Waals surface area contributed by atoms with Crippen molar-refractivity contribution in [3.05, 3.63) is 35.6 Å². The molecule has 1 atom stereocenters. The lowest BCUT2D eigenvalue weighted by atomic mass is 10.1. The van der Waals surface area contributed by atoms with Gasteiger partial charge in [0, 0.05) is 12.2 Å². The molecule has 128 valence electrons. The zero-order valence-electron chi connectivity index (χ0n) is 13.5. The normalized spacial score (nSPS) is 16.4. The summed E-state index contributed by atoms with van der Waals surface area (Å²) in [4.78, 5) is 20.8. The Bertz CT molecular complexity index is 847. The minimum atomic E-state index is -0.559. The Labute approximate surface area is 148 Å². The van der Waals surface area contributed by atoms with E-state index in [0.717, 1.165) is 6.42 Å². The van der Waals surface area contributed by atoms with E-state index in [1.807, 2.05) is 6.07 Å². The summed E-state index contributed by atoms with van der Waals surface area (Å²) < 4.78 is 19.5. The van der Waals surface area contributed by atoms with Crippen LogP contribution in [0.2, 0.25) is 0 Å². The lowest BCUT2D eigenvalue weighted by Crippen LogP contribution is -2.28. The van der Waals surface area contributed by atoms with Crippen LogP contribution in [0.25, 0.3) is 11.3 Å². The van der Waals surface area contributed by atoms with Gasteiger partial charge in [0.1, 0.15) is 23.6 Å². The van der Waals surface area contributed by atoms with E-state index >= 15 is 0 Å². The summed E-state index contributed by atoms with van der Waals surface area (Å²) in [6.07, 6.45) is 2.63. The number of benzene rings is 1. The van der Waals surface area contributed by atoms with Crippen molar-refractivity contribution in [1.82, 2.24) is 9.97 Å². The molecule has 3 rings (SSSR count). The minimum Gasteiger partial charge on any atom is -0.368 e. The Balaban J connectivity index is 2.06. The SMILES string of the molecule is CSc1nc(NC(=O)C2CCCO2)c(C#N)c(-c2ccccc2F)n1. The summed E-state index contributed by atoms with van der Waals surface area (Å²) in [7, 11) is 0. The van der Waals surface area contributed by atoms with Crippen LogP contribution in [0.5, 0.6) is 0 Å². The van der Waals surface area contributed by atoms with Crippen LogP contribution in [-0.2, 0) is 9.53 Å². The summed E-state index contributed by atoms with van der Waals surface area (Å²) in [5, 5.41) is 12.5. The number of amides is 1. The molecule has 0 radical (unpaired) electrons. The Morgan fingerprint density at radius 1 is 1.44 bits per heavy atom. The van der Waals surface area contributed by atoms with E-state index in [-0.39, 0.29) is 28.5 Å². The third-order valence-corrected chi connectivity index (χ3v) is 4.32. The quantitative estimate of drug-likeness (QED) is 0.668. The fraction of sp³-hybridized carbons (Fsp3) is 0.294. The second-order valence-corrected chi connectivity index (χ2v) is 6.14. The molecule has 0 saturated carbocycles. The molecule has 1 fully saturated rings. The number of carbonyl (C=O) groups is 1. The molecule has 1 saturated heterocycles. The minimum absolute atomic E-state index is 0.0225. The molecule has 25 heavy (non-hydrogen) atoms. The third-order valence-electron chi connectivity index (χ3n) is 3.78. The first-order valence-electron chi connectivity index (χ1n) is 7.67. The monoisotopic (exact) mass is 358 g/mol. The molecule has 1 aliphatic rings. The van der Waals surface area contributed by atoms with Gasteiger partial charge in [-0.1, -0.05) is 23.9 Å². The van der Waals surface area contributed by atoms with Crippen LogP contribution in [0.15, 0.2) is 29.4 Å². The maximum Gasteiger partial charge on any atom is 0.254 e. The smallest absolute Gasteiger partial charge is 0.254 e. The van der Waals surface area contributed by atoms with Gasteiger partial charge in [0.15, 0.2) is 11.0 Å². The van der Waals surface area contributed by atoms with Gasteiger partial charge in [-0.25, -0.2) is 14.4 Å².